The first kappa shape index (κ1) is 13.2. The first-order valence-electron chi connectivity index (χ1n) is 4.96. The summed E-state index contributed by atoms with van der Waals surface area (Å²) in [6.45, 7) is 1.01. The SMILES string of the molecule is Cl.Fc1ccc(I)cc1[C@@H]1CCCCN1. The van der Waals surface area contributed by atoms with Gasteiger partial charge in [0.1, 0.15) is 5.82 Å². The van der Waals surface area contributed by atoms with E-state index in [1.807, 2.05) is 12.1 Å². The second-order valence-corrected chi connectivity index (χ2v) is 4.91. The average Bonchev–Trinajstić information content (AvgIpc) is 2.23. The van der Waals surface area contributed by atoms with Crippen LogP contribution in [0.15, 0.2) is 18.2 Å². The van der Waals surface area contributed by atoms with E-state index in [1.165, 1.54) is 12.8 Å². The van der Waals surface area contributed by atoms with Crippen molar-refractivity contribution in [1.82, 2.24) is 5.32 Å². The minimum absolute atomic E-state index is 0. The minimum Gasteiger partial charge on any atom is -0.310 e. The third-order valence-electron chi connectivity index (χ3n) is 2.64. The molecule has 1 aliphatic rings. The summed E-state index contributed by atoms with van der Waals surface area (Å²) in [7, 11) is 0. The third-order valence-corrected chi connectivity index (χ3v) is 3.31. The van der Waals surface area contributed by atoms with Gasteiger partial charge in [-0.1, -0.05) is 6.42 Å². The lowest BCUT2D eigenvalue weighted by Gasteiger charge is -2.24. The maximum atomic E-state index is 13.5. The van der Waals surface area contributed by atoms with E-state index in [4.69, 9.17) is 0 Å². The Morgan fingerprint density at radius 2 is 2.13 bits per heavy atom. The number of hydrogen-bond acceptors (Lipinski definition) is 1. The van der Waals surface area contributed by atoms with Crippen LogP contribution < -0.4 is 5.32 Å². The molecule has 1 N–H and O–H groups in total. The Morgan fingerprint density at radius 1 is 1.33 bits per heavy atom. The monoisotopic (exact) mass is 341 g/mol. The highest BCUT2D eigenvalue weighted by molar-refractivity contribution is 14.1. The van der Waals surface area contributed by atoms with Crippen molar-refractivity contribution in [2.24, 2.45) is 0 Å². The molecule has 2 rings (SSSR count). The molecule has 0 aromatic heterocycles. The number of rotatable bonds is 1. The molecular weight excluding hydrogens is 327 g/mol. The number of piperidine rings is 1. The molecule has 1 aromatic rings. The molecule has 0 bridgehead atoms. The zero-order chi connectivity index (χ0) is 9.97. The van der Waals surface area contributed by atoms with Gasteiger partial charge in [0.25, 0.3) is 0 Å². The summed E-state index contributed by atoms with van der Waals surface area (Å²) < 4.78 is 14.6. The van der Waals surface area contributed by atoms with Crippen molar-refractivity contribution in [2.75, 3.05) is 6.54 Å². The first-order chi connectivity index (χ1) is 6.77. The molecule has 1 atom stereocenters. The van der Waals surface area contributed by atoms with Gasteiger partial charge in [0.15, 0.2) is 0 Å². The highest BCUT2D eigenvalue weighted by Gasteiger charge is 2.17. The lowest BCUT2D eigenvalue weighted by atomic mass is 9.97. The van der Waals surface area contributed by atoms with Crippen molar-refractivity contribution >= 4 is 35.0 Å². The van der Waals surface area contributed by atoms with Gasteiger partial charge in [-0.2, -0.15) is 0 Å². The van der Waals surface area contributed by atoms with E-state index in [9.17, 15) is 4.39 Å². The number of nitrogens with one attached hydrogen (secondary N) is 1. The predicted molar refractivity (Wildman–Crippen MR) is 71.0 cm³/mol. The Labute approximate surface area is 109 Å². The van der Waals surface area contributed by atoms with Crippen LogP contribution >= 0.6 is 35.0 Å². The molecule has 1 heterocycles. The standard InChI is InChI=1S/C11H13FIN.ClH/c12-10-5-4-8(13)7-9(10)11-3-1-2-6-14-11;/h4-5,7,11,14H,1-3,6H2;1H/t11-;/m0./s1. The van der Waals surface area contributed by atoms with Gasteiger partial charge in [0.05, 0.1) is 0 Å². The van der Waals surface area contributed by atoms with Crippen LogP contribution in [-0.2, 0) is 0 Å². The van der Waals surface area contributed by atoms with Crippen LogP contribution in [0.3, 0.4) is 0 Å². The molecule has 4 heteroatoms. The fourth-order valence-corrected chi connectivity index (χ4v) is 2.41. The van der Waals surface area contributed by atoms with Gasteiger partial charge in [-0.05, 0) is 60.2 Å². The number of benzene rings is 1. The molecule has 15 heavy (non-hydrogen) atoms. The topological polar surface area (TPSA) is 12.0 Å². The van der Waals surface area contributed by atoms with Crippen LogP contribution in [0, 0.1) is 9.39 Å². The highest BCUT2D eigenvalue weighted by atomic mass is 127. The summed E-state index contributed by atoms with van der Waals surface area (Å²) in [4.78, 5) is 0. The molecule has 0 radical (unpaired) electrons. The van der Waals surface area contributed by atoms with E-state index >= 15 is 0 Å². The lowest BCUT2D eigenvalue weighted by Crippen LogP contribution is -2.27. The maximum absolute atomic E-state index is 13.5. The molecule has 0 spiro atoms. The van der Waals surface area contributed by atoms with Crippen molar-refractivity contribution in [2.45, 2.75) is 25.3 Å². The summed E-state index contributed by atoms with van der Waals surface area (Å²) in [6.07, 6.45) is 3.46. The smallest absolute Gasteiger partial charge is 0.128 e. The molecule has 1 fully saturated rings. The van der Waals surface area contributed by atoms with Crippen molar-refractivity contribution in [3.8, 4) is 0 Å². The molecule has 0 unspecified atom stereocenters. The fraction of sp³-hybridized carbons (Fsp3) is 0.455. The summed E-state index contributed by atoms with van der Waals surface area (Å²) in [5, 5.41) is 3.36. The summed E-state index contributed by atoms with van der Waals surface area (Å²) in [6, 6.07) is 5.53. The number of hydrogen-bond donors (Lipinski definition) is 1. The molecule has 0 amide bonds. The Morgan fingerprint density at radius 3 is 2.80 bits per heavy atom. The van der Waals surface area contributed by atoms with Crippen LogP contribution in [-0.4, -0.2) is 6.54 Å². The van der Waals surface area contributed by atoms with E-state index < -0.39 is 0 Å². The predicted octanol–water partition coefficient (Wildman–Crippen LogP) is 3.67. The van der Waals surface area contributed by atoms with Gasteiger partial charge in [-0.15, -0.1) is 12.4 Å². The van der Waals surface area contributed by atoms with E-state index in [0.29, 0.717) is 0 Å². The van der Waals surface area contributed by atoms with Crippen LogP contribution in [0.2, 0.25) is 0 Å². The average molecular weight is 342 g/mol. The van der Waals surface area contributed by atoms with Gasteiger partial charge in [-0.3, -0.25) is 0 Å². The Kier molecular flexibility index (Phi) is 5.29. The second kappa shape index (κ2) is 6.01. The molecule has 84 valence electrons. The van der Waals surface area contributed by atoms with Crippen molar-refractivity contribution in [1.29, 1.82) is 0 Å². The van der Waals surface area contributed by atoms with E-state index in [1.54, 1.807) is 6.07 Å². The van der Waals surface area contributed by atoms with E-state index in [2.05, 4.69) is 27.9 Å². The fourth-order valence-electron chi connectivity index (χ4n) is 1.90. The van der Waals surface area contributed by atoms with Gasteiger partial charge in [0.2, 0.25) is 0 Å². The van der Waals surface area contributed by atoms with Crippen molar-refractivity contribution < 1.29 is 4.39 Å². The molecule has 0 aliphatic carbocycles. The van der Waals surface area contributed by atoms with E-state index in [-0.39, 0.29) is 24.3 Å². The molecule has 0 saturated carbocycles. The summed E-state index contributed by atoms with van der Waals surface area (Å²) in [5.41, 5.74) is 0.830. The molecular formula is C11H14ClFIN. The first-order valence-corrected chi connectivity index (χ1v) is 6.03. The van der Waals surface area contributed by atoms with E-state index in [0.717, 1.165) is 22.1 Å². The number of halogens is 3. The van der Waals surface area contributed by atoms with Gasteiger partial charge < -0.3 is 5.32 Å². The molecule has 1 nitrogen and oxygen atoms in total. The Hall–Kier alpha value is 0.130. The Bertz CT molecular complexity index is 326. The third kappa shape index (κ3) is 3.29. The largest absolute Gasteiger partial charge is 0.310 e. The van der Waals surface area contributed by atoms with Crippen LogP contribution in [0.4, 0.5) is 4.39 Å². The highest BCUT2D eigenvalue weighted by Crippen LogP contribution is 2.26. The van der Waals surface area contributed by atoms with Crippen LogP contribution in [0.25, 0.3) is 0 Å². The summed E-state index contributed by atoms with van der Waals surface area (Å²) in [5.74, 6) is -0.0789. The van der Waals surface area contributed by atoms with Crippen LogP contribution in [0.5, 0.6) is 0 Å². The lowest BCUT2D eigenvalue weighted by molar-refractivity contribution is 0.400. The Balaban J connectivity index is 0.00000112. The van der Waals surface area contributed by atoms with Gasteiger partial charge in [0, 0.05) is 15.2 Å². The molecule has 1 aromatic carbocycles. The van der Waals surface area contributed by atoms with Crippen LogP contribution in [0.1, 0.15) is 30.9 Å². The van der Waals surface area contributed by atoms with Gasteiger partial charge >= 0.3 is 0 Å². The van der Waals surface area contributed by atoms with Gasteiger partial charge in [-0.25, -0.2) is 4.39 Å². The summed E-state index contributed by atoms with van der Waals surface area (Å²) >= 11 is 2.22. The van der Waals surface area contributed by atoms with Crippen molar-refractivity contribution in [3.05, 3.63) is 33.1 Å². The van der Waals surface area contributed by atoms with Crippen molar-refractivity contribution in [3.63, 3.8) is 0 Å². The minimum atomic E-state index is -0.0789. The molecule has 1 aliphatic heterocycles. The maximum Gasteiger partial charge on any atom is 0.128 e. The molecule has 1 saturated heterocycles. The zero-order valence-corrected chi connectivity index (χ0v) is 11.3. The normalized spacial score (nSPS) is 20.8. The second-order valence-electron chi connectivity index (χ2n) is 3.67. The quantitative estimate of drug-likeness (QED) is 0.769. The zero-order valence-electron chi connectivity index (χ0n) is 8.30.